The molecule has 1 aromatic carbocycles. The van der Waals surface area contributed by atoms with Crippen LogP contribution >= 0.6 is 0 Å². The minimum atomic E-state index is 0.124. The molecule has 0 aliphatic heterocycles. The molecule has 0 aliphatic rings. The maximum absolute atomic E-state index is 12.1. The van der Waals surface area contributed by atoms with Gasteiger partial charge < -0.3 is 15.4 Å². The summed E-state index contributed by atoms with van der Waals surface area (Å²) >= 11 is 0. The van der Waals surface area contributed by atoms with Crippen molar-refractivity contribution in [3.63, 3.8) is 0 Å². The lowest BCUT2D eigenvalue weighted by molar-refractivity contribution is -0.133. The van der Waals surface area contributed by atoms with Gasteiger partial charge in [-0.05, 0) is 38.9 Å². The first-order valence-electron chi connectivity index (χ1n) is 6.82. The van der Waals surface area contributed by atoms with Crippen molar-refractivity contribution in [2.24, 2.45) is 5.73 Å². The van der Waals surface area contributed by atoms with Crippen LogP contribution in [0.25, 0.3) is 0 Å². The molecule has 0 aromatic heterocycles. The fourth-order valence-corrected chi connectivity index (χ4v) is 1.85. The minimum Gasteiger partial charge on any atom is -0.493 e. The van der Waals surface area contributed by atoms with Gasteiger partial charge in [-0.2, -0.15) is 0 Å². The first-order valence-corrected chi connectivity index (χ1v) is 6.82. The van der Waals surface area contributed by atoms with Gasteiger partial charge in [-0.15, -0.1) is 0 Å². The average molecular weight is 264 g/mol. The maximum Gasteiger partial charge on any atom is 0.226 e. The molecular weight excluding hydrogens is 240 g/mol. The Hall–Kier alpha value is -1.55. The highest BCUT2D eigenvalue weighted by atomic mass is 16.5. The van der Waals surface area contributed by atoms with Gasteiger partial charge in [0.25, 0.3) is 0 Å². The molecule has 0 fully saturated rings. The third-order valence-corrected chi connectivity index (χ3v) is 2.87. The fraction of sp³-hybridized carbons (Fsp3) is 0.533. The predicted molar refractivity (Wildman–Crippen MR) is 77.1 cm³/mol. The lowest BCUT2D eigenvalue weighted by Crippen LogP contribution is -2.39. The van der Waals surface area contributed by atoms with E-state index in [2.05, 4.69) is 0 Å². The largest absolute Gasteiger partial charge is 0.493 e. The molecule has 4 nitrogen and oxygen atoms in total. The molecule has 0 aliphatic carbocycles. The van der Waals surface area contributed by atoms with Gasteiger partial charge in [-0.25, -0.2) is 0 Å². The van der Waals surface area contributed by atoms with Gasteiger partial charge in [0.15, 0.2) is 0 Å². The summed E-state index contributed by atoms with van der Waals surface area (Å²) in [7, 11) is 0. The zero-order chi connectivity index (χ0) is 14.1. The standard InChI is InChI=1S/C15H24N2O2/c1-13(2)17(11-6-10-16)15(18)9-12-19-14-7-4-3-5-8-14/h3-5,7-8,13H,6,9-12,16H2,1-2H3. The summed E-state index contributed by atoms with van der Waals surface area (Å²) in [6, 6.07) is 9.75. The Balaban J connectivity index is 2.35. The highest BCUT2D eigenvalue weighted by molar-refractivity contribution is 5.76. The van der Waals surface area contributed by atoms with E-state index in [1.165, 1.54) is 0 Å². The third-order valence-electron chi connectivity index (χ3n) is 2.87. The van der Waals surface area contributed by atoms with E-state index < -0.39 is 0 Å². The lowest BCUT2D eigenvalue weighted by Gasteiger charge is -2.26. The van der Waals surface area contributed by atoms with Crippen LogP contribution in [0.5, 0.6) is 5.75 Å². The number of hydrogen-bond donors (Lipinski definition) is 1. The van der Waals surface area contributed by atoms with Crippen molar-refractivity contribution in [2.45, 2.75) is 32.7 Å². The molecule has 4 heteroatoms. The topological polar surface area (TPSA) is 55.6 Å². The van der Waals surface area contributed by atoms with Gasteiger partial charge in [0, 0.05) is 12.6 Å². The number of ether oxygens (including phenoxy) is 1. The van der Waals surface area contributed by atoms with Gasteiger partial charge in [0.2, 0.25) is 5.91 Å². The van der Waals surface area contributed by atoms with Gasteiger partial charge >= 0.3 is 0 Å². The van der Waals surface area contributed by atoms with E-state index in [-0.39, 0.29) is 11.9 Å². The Morgan fingerprint density at radius 2 is 2.00 bits per heavy atom. The van der Waals surface area contributed by atoms with Crippen LogP contribution in [0.2, 0.25) is 0 Å². The smallest absolute Gasteiger partial charge is 0.226 e. The highest BCUT2D eigenvalue weighted by Crippen LogP contribution is 2.09. The maximum atomic E-state index is 12.1. The Morgan fingerprint density at radius 1 is 1.32 bits per heavy atom. The Bertz CT molecular complexity index is 366. The van der Waals surface area contributed by atoms with Crippen molar-refractivity contribution in [1.29, 1.82) is 0 Å². The normalized spacial score (nSPS) is 10.5. The molecule has 0 atom stereocenters. The molecule has 0 unspecified atom stereocenters. The number of amides is 1. The summed E-state index contributed by atoms with van der Waals surface area (Å²) in [5, 5.41) is 0. The van der Waals surface area contributed by atoms with Crippen LogP contribution in [-0.4, -0.2) is 36.5 Å². The van der Waals surface area contributed by atoms with E-state index in [4.69, 9.17) is 10.5 Å². The molecule has 19 heavy (non-hydrogen) atoms. The van der Waals surface area contributed by atoms with Crippen LogP contribution in [0.4, 0.5) is 0 Å². The lowest BCUT2D eigenvalue weighted by atomic mass is 10.2. The number of hydrogen-bond acceptors (Lipinski definition) is 3. The number of para-hydroxylation sites is 1. The van der Waals surface area contributed by atoms with E-state index in [9.17, 15) is 4.79 Å². The van der Waals surface area contributed by atoms with Crippen molar-refractivity contribution in [3.8, 4) is 5.75 Å². The second kappa shape index (κ2) is 8.53. The number of nitrogens with zero attached hydrogens (tertiary/aromatic N) is 1. The Kier molecular flexibility index (Phi) is 6.97. The SMILES string of the molecule is CC(C)N(CCCN)C(=O)CCOc1ccccc1. The summed E-state index contributed by atoms with van der Waals surface area (Å²) in [6.45, 7) is 5.78. The number of benzene rings is 1. The van der Waals surface area contributed by atoms with Crippen molar-refractivity contribution in [1.82, 2.24) is 4.90 Å². The molecule has 1 aromatic rings. The van der Waals surface area contributed by atoms with E-state index in [0.717, 1.165) is 18.7 Å². The van der Waals surface area contributed by atoms with E-state index in [1.807, 2.05) is 49.1 Å². The van der Waals surface area contributed by atoms with Crippen molar-refractivity contribution < 1.29 is 9.53 Å². The minimum absolute atomic E-state index is 0.124. The van der Waals surface area contributed by atoms with E-state index in [1.54, 1.807) is 0 Å². The number of nitrogens with two attached hydrogens (primary N) is 1. The molecule has 0 heterocycles. The average Bonchev–Trinajstić information content (AvgIpc) is 2.40. The molecule has 0 saturated carbocycles. The van der Waals surface area contributed by atoms with Gasteiger partial charge in [0.1, 0.15) is 5.75 Å². The quantitative estimate of drug-likeness (QED) is 0.781. The van der Waals surface area contributed by atoms with Crippen LogP contribution in [-0.2, 0) is 4.79 Å². The summed E-state index contributed by atoms with van der Waals surface area (Å²) < 4.78 is 5.54. The van der Waals surface area contributed by atoms with Crippen molar-refractivity contribution in [2.75, 3.05) is 19.7 Å². The van der Waals surface area contributed by atoms with Crippen LogP contribution in [0.15, 0.2) is 30.3 Å². The fourth-order valence-electron chi connectivity index (χ4n) is 1.85. The van der Waals surface area contributed by atoms with E-state index in [0.29, 0.717) is 19.6 Å². The summed E-state index contributed by atoms with van der Waals surface area (Å²) in [5.41, 5.74) is 5.49. The molecule has 1 amide bonds. The summed E-state index contributed by atoms with van der Waals surface area (Å²) in [6.07, 6.45) is 1.24. The predicted octanol–water partition coefficient (Wildman–Crippen LogP) is 2.04. The van der Waals surface area contributed by atoms with Crippen molar-refractivity contribution in [3.05, 3.63) is 30.3 Å². The second-order valence-electron chi connectivity index (χ2n) is 4.73. The molecule has 106 valence electrons. The van der Waals surface area contributed by atoms with Gasteiger partial charge in [-0.1, -0.05) is 18.2 Å². The Labute approximate surface area is 115 Å². The number of carbonyl (C=O) groups excluding carboxylic acids is 1. The first kappa shape index (κ1) is 15.5. The van der Waals surface area contributed by atoms with E-state index >= 15 is 0 Å². The Morgan fingerprint density at radius 3 is 2.58 bits per heavy atom. The first-order chi connectivity index (χ1) is 9.15. The summed E-state index contributed by atoms with van der Waals surface area (Å²) in [5.74, 6) is 0.924. The molecule has 2 N–H and O–H groups in total. The second-order valence-corrected chi connectivity index (χ2v) is 4.73. The van der Waals surface area contributed by atoms with Crippen LogP contribution in [0, 0.1) is 0 Å². The van der Waals surface area contributed by atoms with Crippen LogP contribution < -0.4 is 10.5 Å². The molecule has 1 rings (SSSR count). The number of carbonyl (C=O) groups is 1. The summed E-state index contributed by atoms with van der Waals surface area (Å²) in [4.78, 5) is 13.9. The number of rotatable bonds is 8. The van der Waals surface area contributed by atoms with Gasteiger partial charge in [0.05, 0.1) is 13.0 Å². The third kappa shape index (κ3) is 5.75. The van der Waals surface area contributed by atoms with Gasteiger partial charge in [-0.3, -0.25) is 4.79 Å². The molecular formula is C15H24N2O2. The van der Waals surface area contributed by atoms with Crippen LogP contribution in [0.1, 0.15) is 26.7 Å². The van der Waals surface area contributed by atoms with Crippen LogP contribution in [0.3, 0.4) is 0 Å². The molecule has 0 radical (unpaired) electrons. The molecule has 0 spiro atoms. The zero-order valence-electron chi connectivity index (χ0n) is 11.8. The zero-order valence-corrected chi connectivity index (χ0v) is 11.8. The highest BCUT2D eigenvalue weighted by Gasteiger charge is 2.15. The monoisotopic (exact) mass is 264 g/mol. The van der Waals surface area contributed by atoms with Crippen molar-refractivity contribution >= 4 is 5.91 Å². The molecule has 0 bridgehead atoms. The molecule has 0 saturated heterocycles.